The molecule has 1 amide bonds. The van der Waals surface area contributed by atoms with Crippen LogP contribution >= 0.6 is 12.4 Å². The zero-order valence-corrected chi connectivity index (χ0v) is 12.0. The van der Waals surface area contributed by atoms with Crippen LogP contribution in [0.25, 0.3) is 0 Å². The van der Waals surface area contributed by atoms with Gasteiger partial charge in [-0.15, -0.1) is 12.4 Å². The maximum Gasteiger partial charge on any atom is 0.227 e. The summed E-state index contributed by atoms with van der Waals surface area (Å²) < 4.78 is 0. The standard InChI is InChI=1S/C15H20N2O.ClH/c1-12(14-5-3-2-4-6-14)15(18)17-11-13-7-9-16-10-8-13;/h2-7,12,16H,8-11H2,1H3,(H,17,18);1H. The summed E-state index contributed by atoms with van der Waals surface area (Å²) >= 11 is 0. The number of halogens is 1. The van der Waals surface area contributed by atoms with Crippen molar-refractivity contribution >= 4 is 18.3 Å². The van der Waals surface area contributed by atoms with Gasteiger partial charge in [-0.05, 0) is 25.5 Å². The number of nitrogens with one attached hydrogen (secondary N) is 2. The van der Waals surface area contributed by atoms with Crippen LogP contribution in [0.15, 0.2) is 42.0 Å². The zero-order valence-electron chi connectivity index (χ0n) is 11.2. The van der Waals surface area contributed by atoms with E-state index in [0.717, 1.165) is 25.1 Å². The van der Waals surface area contributed by atoms with Crippen molar-refractivity contribution in [2.45, 2.75) is 19.3 Å². The van der Waals surface area contributed by atoms with Gasteiger partial charge in [0.25, 0.3) is 0 Å². The number of amides is 1. The summed E-state index contributed by atoms with van der Waals surface area (Å²) in [5.41, 5.74) is 2.39. The number of benzene rings is 1. The number of carbonyl (C=O) groups excluding carboxylic acids is 1. The minimum atomic E-state index is -0.0893. The smallest absolute Gasteiger partial charge is 0.227 e. The third kappa shape index (κ3) is 4.69. The third-order valence-corrected chi connectivity index (χ3v) is 3.34. The molecular weight excluding hydrogens is 260 g/mol. The molecule has 1 aromatic carbocycles. The lowest BCUT2D eigenvalue weighted by Crippen LogP contribution is -2.32. The maximum absolute atomic E-state index is 12.0. The Bertz CT molecular complexity index is 431. The molecule has 1 aliphatic heterocycles. The molecule has 0 bridgehead atoms. The molecule has 0 aliphatic carbocycles. The summed E-state index contributed by atoms with van der Waals surface area (Å²) in [5, 5.41) is 6.28. The van der Waals surface area contributed by atoms with Crippen molar-refractivity contribution < 1.29 is 4.79 Å². The number of hydrogen-bond acceptors (Lipinski definition) is 2. The molecule has 104 valence electrons. The van der Waals surface area contributed by atoms with E-state index >= 15 is 0 Å². The number of rotatable bonds is 4. The van der Waals surface area contributed by atoms with Crippen LogP contribution in [0, 0.1) is 0 Å². The molecule has 1 heterocycles. The van der Waals surface area contributed by atoms with E-state index in [1.54, 1.807) is 0 Å². The first kappa shape index (κ1) is 15.7. The molecule has 1 aromatic rings. The van der Waals surface area contributed by atoms with Crippen LogP contribution in [0.5, 0.6) is 0 Å². The average Bonchev–Trinajstić information content (AvgIpc) is 2.46. The van der Waals surface area contributed by atoms with Gasteiger partial charge in [0.05, 0.1) is 5.92 Å². The fraction of sp³-hybridized carbons (Fsp3) is 0.400. The second-order valence-electron chi connectivity index (χ2n) is 4.67. The van der Waals surface area contributed by atoms with Crippen LogP contribution in [0.1, 0.15) is 24.8 Å². The van der Waals surface area contributed by atoms with Gasteiger partial charge in [-0.1, -0.05) is 42.0 Å². The molecule has 1 aliphatic rings. The van der Waals surface area contributed by atoms with Gasteiger partial charge in [0.1, 0.15) is 0 Å². The Kier molecular flexibility index (Phi) is 6.60. The van der Waals surface area contributed by atoms with Crippen molar-refractivity contribution in [2.24, 2.45) is 0 Å². The third-order valence-electron chi connectivity index (χ3n) is 3.34. The summed E-state index contributed by atoms with van der Waals surface area (Å²) in [5.74, 6) is 0.00847. The van der Waals surface area contributed by atoms with E-state index in [2.05, 4.69) is 16.7 Å². The Labute approximate surface area is 120 Å². The largest absolute Gasteiger partial charge is 0.352 e. The highest BCUT2D eigenvalue weighted by Crippen LogP contribution is 2.14. The summed E-state index contributed by atoms with van der Waals surface area (Å²) in [6.07, 6.45) is 3.19. The molecule has 4 heteroatoms. The first-order valence-corrected chi connectivity index (χ1v) is 6.48. The van der Waals surface area contributed by atoms with Gasteiger partial charge in [0.15, 0.2) is 0 Å². The van der Waals surface area contributed by atoms with Crippen LogP contribution in [0.4, 0.5) is 0 Å². The highest BCUT2D eigenvalue weighted by molar-refractivity contribution is 5.85. The Balaban J connectivity index is 0.00000180. The van der Waals surface area contributed by atoms with E-state index in [9.17, 15) is 4.79 Å². The maximum atomic E-state index is 12.0. The Hall–Kier alpha value is -1.32. The van der Waals surface area contributed by atoms with E-state index in [-0.39, 0.29) is 24.2 Å². The molecule has 0 radical (unpaired) electrons. The average molecular weight is 281 g/mol. The highest BCUT2D eigenvalue weighted by atomic mass is 35.5. The van der Waals surface area contributed by atoms with E-state index in [4.69, 9.17) is 0 Å². The van der Waals surface area contributed by atoms with E-state index in [1.807, 2.05) is 37.3 Å². The summed E-state index contributed by atoms with van der Waals surface area (Å²) in [4.78, 5) is 12.0. The van der Waals surface area contributed by atoms with Crippen LogP contribution in [-0.4, -0.2) is 25.5 Å². The second-order valence-corrected chi connectivity index (χ2v) is 4.67. The SMILES string of the molecule is CC(C(=O)NCC1=CCNCC1)c1ccccc1.Cl. The van der Waals surface area contributed by atoms with Gasteiger partial charge in [0, 0.05) is 13.1 Å². The minimum Gasteiger partial charge on any atom is -0.352 e. The Morgan fingerprint density at radius 3 is 2.74 bits per heavy atom. The quantitative estimate of drug-likeness (QED) is 0.831. The minimum absolute atomic E-state index is 0. The molecule has 2 rings (SSSR count). The molecule has 2 N–H and O–H groups in total. The van der Waals surface area contributed by atoms with Gasteiger partial charge in [-0.25, -0.2) is 0 Å². The Morgan fingerprint density at radius 2 is 2.11 bits per heavy atom. The zero-order chi connectivity index (χ0) is 12.8. The van der Waals surface area contributed by atoms with Crippen molar-refractivity contribution in [1.29, 1.82) is 0 Å². The fourth-order valence-electron chi connectivity index (χ4n) is 2.08. The van der Waals surface area contributed by atoms with Crippen LogP contribution < -0.4 is 10.6 Å². The molecule has 1 unspecified atom stereocenters. The topological polar surface area (TPSA) is 41.1 Å². The fourth-order valence-corrected chi connectivity index (χ4v) is 2.08. The first-order valence-electron chi connectivity index (χ1n) is 6.48. The Morgan fingerprint density at radius 1 is 1.37 bits per heavy atom. The van der Waals surface area contributed by atoms with Gasteiger partial charge in [-0.3, -0.25) is 4.79 Å². The van der Waals surface area contributed by atoms with E-state index in [0.29, 0.717) is 6.54 Å². The molecule has 3 nitrogen and oxygen atoms in total. The lowest BCUT2D eigenvalue weighted by atomic mass is 10.0. The van der Waals surface area contributed by atoms with Gasteiger partial charge in [-0.2, -0.15) is 0 Å². The molecule has 0 saturated carbocycles. The molecule has 1 atom stereocenters. The van der Waals surface area contributed by atoms with Gasteiger partial charge < -0.3 is 10.6 Å². The number of carbonyl (C=O) groups is 1. The molecule has 0 saturated heterocycles. The van der Waals surface area contributed by atoms with Crippen LogP contribution in [0.3, 0.4) is 0 Å². The summed E-state index contributed by atoms with van der Waals surface area (Å²) in [7, 11) is 0. The predicted octanol–water partition coefficient (Wildman–Crippen LogP) is 2.25. The first-order chi connectivity index (χ1) is 8.77. The highest BCUT2D eigenvalue weighted by Gasteiger charge is 2.14. The van der Waals surface area contributed by atoms with E-state index in [1.165, 1.54) is 5.57 Å². The van der Waals surface area contributed by atoms with Crippen molar-refractivity contribution in [3.05, 3.63) is 47.5 Å². The predicted molar refractivity (Wildman–Crippen MR) is 80.7 cm³/mol. The summed E-state index contributed by atoms with van der Waals surface area (Å²) in [6.45, 7) is 4.55. The molecule has 0 spiro atoms. The lowest BCUT2D eigenvalue weighted by molar-refractivity contribution is -0.122. The van der Waals surface area contributed by atoms with Crippen LogP contribution in [0.2, 0.25) is 0 Å². The van der Waals surface area contributed by atoms with E-state index < -0.39 is 0 Å². The normalized spacial score (nSPS) is 15.9. The van der Waals surface area contributed by atoms with Gasteiger partial charge >= 0.3 is 0 Å². The van der Waals surface area contributed by atoms with Crippen molar-refractivity contribution in [2.75, 3.05) is 19.6 Å². The summed E-state index contributed by atoms with van der Waals surface area (Å²) in [6, 6.07) is 9.89. The van der Waals surface area contributed by atoms with Gasteiger partial charge in [0.2, 0.25) is 5.91 Å². The second kappa shape index (κ2) is 7.97. The number of hydrogen-bond donors (Lipinski definition) is 2. The van der Waals surface area contributed by atoms with Crippen LogP contribution in [-0.2, 0) is 4.79 Å². The van der Waals surface area contributed by atoms with Crippen molar-refractivity contribution in [3.8, 4) is 0 Å². The molecule has 0 fully saturated rings. The monoisotopic (exact) mass is 280 g/mol. The molecular formula is C15H21ClN2O. The molecule has 0 aromatic heterocycles. The lowest BCUT2D eigenvalue weighted by Gasteiger charge is -2.17. The molecule has 19 heavy (non-hydrogen) atoms. The van der Waals surface area contributed by atoms with Crippen molar-refractivity contribution in [1.82, 2.24) is 10.6 Å². The van der Waals surface area contributed by atoms with Crippen molar-refractivity contribution in [3.63, 3.8) is 0 Å².